The molecule has 2 aromatic rings. The molecule has 2 N–H and O–H groups in total. The molecule has 1 amide bonds. The van der Waals surface area contributed by atoms with E-state index in [0.717, 1.165) is 55.8 Å². The summed E-state index contributed by atoms with van der Waals surface area (Å²) in [6.07, 6.45) is 4.91. The van der Waals surface area contributed by atoms with Crippen molar-refractivity contribution in [3.8, 4) is 0 Å². The fraction of sp³-hybridized carbons (Fsp3) is 0.577. The van der Waals surface area contributed by atoms with E-state index in [2.05, 4.69) is 10.6 Å². The van der Waals surface area contributed by atoms with Crippen molar-refractivity contribution in [1.29, 1.82) is 0 Å². The molecule has 0 spiro atoms. The lowest BCUT2D eigenvalue weighted by Gasteiger charge is -2.38. The summed E-state index contributed by atoms with van der Waals surface area (Å²) in [7, 11) is 1.74. The first kappa shape index (κ1) is 25.7. The summed E-state index contributed by atoms with van der Waals surface area (Å²) in [6.45, 7) is 4.66. The molecule has 8 nitrogen and oxygen atoms in total. The highest BCUT2D eigenvalue weighted by atomic mass is 35.5. The average Bonchev–Trinajstić information content (AvgIpc) is 3.73. The topological polar surface area (TPSA) is 88.6 Å². The largest absolute Gasteiger partial charge is 0.379 e. The van der Waals surface area contributed by atoms with Crippen molar-refractivity contribution < 1.29 is 14.3 Å². The van der Waals surface area contributed by atoms with Crippen LogP contribution in [0.25, 0.3) is 0 Å². The van der Waals surface area contributed by atoms with E-state index in [4.69, 9.17) is 42.6 Å². The monoisotopic (exact) mass is 533 g/mol. The third-order valence-electron chi connectivity index (χ3n) is 7.33. The molecule has 36 heavy (non-hydrogen) atoms. The van der Waals surface area contributed by atoms with Crippen molar-refractivity contribution in [1.82, 2.24) is 20.2 Å². The maximum atomic E-state index is 13.6. The second-order valence-electron chi connectivity index (χ2n) is 9.91. The minimum atomic E-state index is -0.0340. The van der Waals surface area contributed by atoms with Crippen LogP contribution in [-0.4, -0.2) is 72.4 Å². The lowest BCUT2D eigenvalue weighted by Crippen LogP contribution is -2.54. The molecule has 3 aliphatic rings. The van der Waals surface area contributed by atoms with Crippen molar-refractivity contribution in [2.45, 2.75) is 63.1 Å². The van der Waals surface area contributed by atoms with E-state index >= 15 is 0 Å². The number of ether oxygens (including phenoxy) is 2. The Bertz CT molecular complexity index is 1110. The number of carbonyl (C=O) groups excluding carboxylic acids is 1. The summed E-state index contributed by atoms with van der Waals surface area (Å²) >= 11 is 12.3. The maximum absolute atomic E-state index is 13.6. The second-order valence-corrected chi connectivity index (χ2v) is 10.7. The molecule has 0 radical (unpaired) electrons. The first-order chi connectivity index (χ1) is 17.4. The summed E-state index contributed by atoms with van der Waals surface area (Å²) in [4.78, 5) is 25.1. The molecular weight excluding hydrogens is 501 g/mol. The Kier molecular flexibility index (Phi) is 7.98. The van der Waals surface area contributed by atoms with E-state index in [-0.39, 0.29) is 18.1 Å². The summed E-state index contributed by atoms with van der Waals surface area (Å²) in [6, 6.07) is 5.99. The second kappa shape index (κ2) is 11.2. The average molecular weight is 534 g/mol. The van der Waals surface area contributed by atoms with Crippen LogP contribution in [0.2, 0.25) is 10.0 Å². The molecule has 3 heterocycles. The molecule has 0 bridgehead atoms. The van der Waals surface area contributed by atoms with Crippen molar-refractivity contribution in [3.05, 3.63) is 45.3 Å². The summed E-state index contributed by atoms with van der Waals surface area (Å²) in [5, 5.41) is 8.02. The standard InChI is InChI=1S/C26H33Cl2N5O3/c1-15-23(26(34)33-10-7-17(8-11-33)29-21-9-12-36-14-22(21)35-2)31-25(16-3-4-16)32-24(15)30-18-5-6-19(27)20(28)13-18/h5-6,13,16-17,21-22,29H,3-4,7-12,14H2,1-2H3,(H,30,31,32)/t21-,22+/m0/s1. The van der Waals surface area contributed by atoms with Gasteiger partial charge in [-0.2, -0.15) is 0 Å². The fourth-order valence-corrected chi connectivity index (χ4v) is 5.23. The van der Waals surface area contributed by atoms with Gasteiger partial charge in [0.05, 0.1) is 22.8 Å². The molecule has 194 valence electrons. The molecule has 10 heteroatoms. The number of nitrogens with one attached hydrogen (secondary N) is 2. The summed E-state index contributed by atoms with van der Waals surface area (Å²) in [5.41, 5.74) is 1.98. The lowest BCUT2D eigenvalue weighted by atomic mass is 9.99. The zero-order chi connectivity index (χ0) is 25.2. The Morgan fingerprint density at radius 2 is 1.89 bits per heavy atom. The van der Waals surface area contributed by atoms with Gasteiger partial charge in [-0.25, -0.2) is 9.97 Å². The third-order valence-corrected chi connectivity index (χ3v) is 8.07. The maximum Gasteiger partial charge on any atom is 0.272 e. The molecule has 5 rings (SSSR count). The Balaban J connectivity index is 1.28. The highest BCUT2D eigenvalue weighted by molar-refractivity contribution is 6.42. The molecule has 3 fully saturated rings. The molecule has 1 aliphatic carbocycles. The zero-order valence-corrected chi connectivity index (χ0v) is 22.2. The normalized spacial score (nSPS) is 23.1. The number of hydrogen-bond donors (Lipinski definition) is 2. The van der Waals surface area contributed by atoms with Gasteiger partial charge >= 0.3 is 0 Å². The quantitative estimate of drug-likeness (QED) is 0.532. The van der Waals surface area contributed by atoms with Crippen molar-refractivity contribution in [2.24, 2.45) is 0 Å². The van der Waals surface area contributed by atoms with Gasteiger partial charge in [0.1, 0.15) is 17.3 Å². The highest BCUT2D eigenvalue weighted by Crippen LogP contribution is 2.39. The van der Waals surface area contributed by atoms with Crippen LogP contribution >= 0.6 is 23.2 Å². The number of amides is 1. The number of carbonyl (C=O) groups is 1. The van der Waals surface area contributed by atoms with E-state index in [1.165, 1.54) is 0 Å². The predicted octanol–water partition coefficient (Wildman–Crippen LogP) is 4.71. The van der Waals surface area contributed by atoms with Gasteiger partial charge in [0.15, 0.2) is 0 Å². The van der Waals surface area contributed by atoms with Gasteiger partial charge < -0.3 is 25.0 Å². The van der Waals surface area contributed by atoms with Crippen LogP contribution in [-0.2, 0) is 9.47 Å². The molecule has 0 unspecified atom stereocenters. The van der Waals surface area contributed by atoms with E-state index in [0.29, 0.717) is 53.2 Å². The minimum Gasteiger partial charge on any atom is -0.379 e. The number of anilines is 2. The molecule has 1 aromatic heterocycles. The SMILES string of the molecule is CO[C@@H]1COCC[C@@H]1NC1CCN(C(=O)c2nc(C3CC3)nc(Nc3ccc(Cl)c(Cl)c3)c2C)CC1. The number of hydrogen-bond acceptors (Lipinski definition) is 7. The molecular formula is C26H33Cl2N5O3. The Morgan fingerprint density at radius 1 is 1.11 bits per heavy atom. The first-order valence-electron chi connectivity index (χ1n) is 12.7. The summed E-state index contributed by atoms with van der Waals surface area (Å²) in [5.74, 6) is 1.64. The molecule has 2 saturated heterocycles. The van der Waals surface area contributed by atoms with Crippen LogP contribution in [0.4, 0.5) is 11.5 Å². The first-order valence-corrected chi connectivity index (χ1v) is 13.4. The van der Waals surface area contributed by atoms with Gasteiger partial charge in [0.2, 0.25) is 0 Å². The van der Waals surface area contributed by atoms with E-state index in [9.17, 15) is 4.79 Å². The number of rotatable bonds is 7. The van der Waals surface area contributed by atoms with Crippen LogP contribution in [0.1, 0.15) is 59.9 Å². The number of benzene rings is 1. The fourth-order valence-electron chi connectivity index (χ4n) is 4.94. The smallest absolute Gasteiger partial charge is 0.272 e. The Labute approximate surface area is 222 Å². The zero-order valence-electron chi connectivity index (χ0n) is 20.7. The molecule has 1 saturated carbocycles. The third kappa shape index (κ3) is 5.78. The molecule has 1 aromatic carbocycles. The van der Waals surface area contributed by atoms with Crippen molar-refractivity contribution >= 4 is 40.6 Å². The predicted molar refractivity (Wildman–Crippen MR) is 141 cm³/mol. The van der Waals surface area contributed by atoms with Gasteiger partial charge in [-0.1, -0.05) is 23.2 Å². The van der Waals surface area contributed by atoms with Crippen molar-refractivity contribution in [2.75, 3.05) is 38.7 Å². The van der Waals surface area contributed by atoms with Crippen LogP contribution < -0.4 is 10.6 Å². The number of aromatic nitrogens is 2. The van der Waals surface area contributed by atoms with Crippen LogP contribution in [0.5, 0.6) is 0 Å². The lowest BCUT2D eigenvalue weighted by molar-refractivity contribution is -0.0533. The number of likely N-dealkylation sites (tertiary alicyclic amines) is 1. The van der Waals surface area contributed by atoms with E-state index in [1.807, 2.05) is 17.9 Å². The number of nitrogens with zero attached hydrogens (tertiary/aromatic N) is 3. The molecule has 2 atom stereocenters. The minimum absolute atomic E-state index is 0.0340. The van der Waals surface area contributed by atoms with Crippen LogP contribution in [0, 0.1) is 6.92 Å². The van der Waals surface area contributed by atoms with Gasteiger partial charge in [-0.3, -0.25) is 4.79 Å². The van der Waals surface area contributed by atoms with Crippen LogP contribution in [0.3, 0.4) is 0 Å². The van der Waals surface area contributed by atoms with Gasteiger partial charge in [0, 0.05) is 56.1 Å². The number of methoxy groups -OCH3 is 1. The number of piperidine rings is 1. The van der Waals surface area contributed by atoms with Gasteiger partial charge in [-0.15, -0.1) is 0 Å². The van der Waals surface area contributed by atoms with Gasteiger partial charge in [-0.05, 0) is 57.2 Å². The van der Waals surface area contributed by atoms with Crippen molar-refractivity contribution in [3.63, 3.8) is 0 Å². The van der Waals surface area contributed by atoms with Crippen LogP contribution in [0.15, 0.2) is 18.2 Å². The summed E-state index contributed by atoms with van der Waals surface area (Å²) < 4.78 is 11.1. The Morgan fingerprint density at radius 3 is 2.58 bits per heavy atom. The molecule has 2 aliphatic heterocycles. The Hall–Kier alpha value is -1.97. The highest BCUT2D eigenvalue weighted by Gasteiger charge is 2.33. The van der Waals surface area contributed by atoms with Gasteiger partial charge in [0.25, 0.3) is 5.91 Å². The van der Waals surface area contributed by atoms with E-state index < -0.39 is 0 Å². The number of halogens is 2. The van der Waals surface area contributed by atoms with E-state index in [1.54, 1.807) is 19.2 Å².